The Morgan fingerprint density at radius 3 is 2.68 bits per heavy atom. The molecule has 1 aromatic carbocycles. The monoisotopic (exact) mass is 386 g/mol. The molecule has 6 heteroatoms. The standard InChI is InChI=1S/C22H30N2O4/c1-4-7-19(25)16-10-11-20-18(12-16)24(22(27)15(3)28-20)13-21(26)23-17-9-6-5-8-14(17)2/h10-12,14-15,17H,4-9,13H2,1-3H3,(H,23,26). The van der Waals surface area contributed by atoms with Crippen LogP contribution in [-0.4, -0.2) is 36.3 Å². The Balaban J connectivity index is 1.79. The highest BCUT2D eigenvalue weighted by atomic mass is 16.5. The zero-order chi connectivity index (χ0) is 20.3. The summed E-state index contributed by atoms with van der Waals surface area (Å²) in [6.07, 6.45) is 4.96. The van der Waals surface area contributed by atoms with E-state index in [1.165, 1.54) is 11.3 Å². The third kappa shape index (κ3) is 4.37. The molecular formula is C22H30N2O4. The molecule has 3 atom stereocenters. The van der Waals surface area contributed by atoms with E-state index in [-0.39, 0.29) is 30.2 Å². The van der Waals surface area contributed by atoms with Gasteiger partial charge in [-0.25, -0.2) is 0 Å². The minimum atomic E-state index is -0.661. The van der Waals surface area contributed by atoms with E-state index in [0.717, 1.165) is 25.7 Å². The molecule has 1 N–H and O–H groups in total. The fourth-order valence-corrected chi connectivity index (χ4v) is 4.04. The first-order chi connectivity index (χ1) is 13.4. The number of hydrogen-bond donors (Lipinski definition) is 1. The molecule has 1 aliphatic carbocycles. The quantitative estimate of drug-likeness (QED) is 0.760. The van der Waals surface area contributed by atoms with E-state index in [1.54, 1.807) is 25.1 Å². The van der Waals surface area contributed by atoms with Crippen LogP contribution in [0.5, 0.6) is 5.75 Å². The predicted octanol–water partition coefficient (Wildman–Crippen LogP) is 3.48. The van der Waals surface area contributed by atoms with Crippen molar-refractivity contribution in [3.63, 3.8) is 0 Å². The van der Waals surface area contributed by atoms with E-state index in [0.29, 0.717) is 29.3 Å². The molecule has 152 valence electrons. The molecule has 28 heavy (non-hydrogen) atoms. The smallest absolute Gasteiger partial charge is 0.268 e. The number of nitrogens with one attached hydrogen (secondary N) is 1. The lowest BCUT2D eigenvalue weighted by atomic mass is 9.86. The number of rotatable bonds is 6. The third-order valence-corrected chi connectivity index (χ3v) is 5.73. The number of Topliss-reactive ketones (excluding diaryl/α,β-unsaturated/α-hetero) is 1. The van der Waals surface area contributed by atoms with Gasteiger partial charge in [0, 0.05) is 18.0 Å². The highest BCUT2D eigenvalue weighted by Crippen LogP contribution is 2.35. The summed E-state index contributed by atoms with van der Waals surface area (Å²) < 4.78 is 5.68. The molecule has 0 saturated heterocycles. The number of ketones is 1. The van der Waals surface area contributed by atoms with Gasteiger partial charge < -0.3 is 10.1 Å². The van der Waals surface area contributed by atoms with Gasteiger partial charge in [0.2, 0.25) is 5.91 Å². The lowest BCUT2D eigenvalue weighted by Gasteiger charge is -2.34. The second-order valence-corrected chi connectivity index (χ2v) is 7.98. The molecule has 1 saturated carbocycles. The number of ether oxygens (including phenoxy) is 1. The maximum Gasteiger partial charge on any atom is 0.268 e. The first-order valence-electron chi connectivity index (χ1n) is 10.3. The van der Waals surface area contributed by atoms with Gasteiger partial charge >= 0.3 is 0 Å². The van der Waals surface area contributed by atoms with Gasteiger partial charge in [0.15, 0.2) is 11.9 Å². The molecule has 1 fully saturated rings. The van der Waals surface area contributed by atoms with Gasteiger partial charge in [0.25, 0.3) is 5.91 Å². The number of carbonyl (C=O) groups is 3. The number of amides is 2. The second kappa shape index (κ2) is 8.76. The molecule has 6 nitrogen and oxygen atoms in total. The summed E-state index contributed by atoms with van der Waals surface area (Å²) in [5, 5.41) is 3.10. The van der Waals surface area contributed by atoms with Crippen molar-refractivity contribution in [2.24, 2.45) is 5.92 Å². The fraction of sp³-hybridized carbons (Fsp3) is 0.591. The van der Waals surface area contributed by atoms with E-state index in [2.05, 4.69) is 12.2 Å². The molecular weight excluding hydrogens is 356 g/mol. The second-order valence-electron chi connectivity index (χ2n) is 7.98. The van der Waals surface area contributed by atoms with Gasteiger partial charge in [0.05, 0.1) is 5.69 Å². The minimum absolute atomic E-state index is 0.0248. The van der Waals surface area contributed by atoms with Crippen LogP contribution in [0.1, 0.15) is 69.7 Å². The molecule has 0 radical (unpaired) electrons. The summed E-state index contributed by atoms with van der Waals surface area (Å²) in [6, 6.07) is 5.27. The normalized spacial score (nSPS) is 24.3. The van der Waals surface area contributed by atoms with Gasteiger partial charge in [0.1, 0.15) is 12.3 Å². The van der Waals surface area contributed by atoms with Crippen LogP contribution in [0.4, 0.5) is 5.69 Å². The molecule has 3 rings (SSSR count). The van der Waals surface area contributed by atoms with Crippen LogP contribution < -0.4 is 15.0 Å². The average Bonchev–Trinajstić information content (AvgIpc) is 2.67. The van der Waals surface area contributed by atoms with Gasteiger partial charge in [-0.3, -0.25) is 19.3 Å². The lowest BCUT2D eigenvalue weighted by Crippen LogP contribution is -2.51. The maximum atomic E-state index is 12.7. The molecule has 0 aromatic heterocycles. The van der Waals surface area contributed by atoms with E-state index in [1.807, 2.05) is 6.92 Å². The summed E-state index contributed by atoms with van der Waals surface area (Å²) in [5.74, 6) is 0.565. The van der Waals surface area contributed by atoms with E-state index >= 15 is 0 Å². The largest absolute Gasteiger partial charge is 0.479 e. The van der Waals surface area contributed by atoms with Crippen LogP contribution in [-0.2, 0) is 9.59 Å². The van der Waals surface area contributed by atoms with Crippen molar-refractivity contribution in [3.05, 3.63) is 23.8 Å². The Morgan fingerprint density at radius 1 is 1.21 bits per heavy atom. The number of carbonyl (C=O) groups excluding carboxylic acids is 3. The molecule has 1 aliphatic heterocycles. The zero-order valence-electron chi connectivity index (χ0n) is 17.0. The summed E-state index contributed by atoms with van der Waals surface area (Å²) in [6.45, 7) is 5.73. The zero-order valence-corrected chi connectivity index (χ0v) is 17.0. The van der Waals surface area contributed by atoms with Crippen molar-refractivity contribution in [1.82, 2.24) is 5.32 Å². The Morgan fingerprint density at radius 2 is 1.96 bits per heavy atom. The van der Waals surface area contributed by atoms with Crippen LogP contribution in [0.25, 0.3) is 0 Å². The molecule has 3 unspecified atom stereocenters. The van der Waals surface area contributed by atoms with Crippen molar-refractivity contribution in [1.29, 1.82) is 0 Å². The van der Waals surface area contributed by atoms with E-state index in [9.17, 15) is 14.4 Å². The highest BCUT2D eigenvalue weighted by Gasteiger charge is 2.34. The van der Waals surface area contributed by atoms with Crippen molar-refractivity contribution >= 4 is 23.3 Å². The van der Waals surface area contributed by atoms with Crippen molar-refractivity contribution in [2.45, 2.75) is 71.4 Å². The Hall–Kier alpha value is -2.37. The SMILES string of the molecule is CCCC(=O)c1ccc2c(c1)N(CC(=O)NC1CCCCC1C)C(=O)C(C)O2. The lowest BCUT2D eigenvalue weighted by molar-refractivity contribution is -0.128. The summed E-state index contributed by atoms with van der Waals surface area (Å²) in [4.78, 5) is 39.2. The van der Waals surface area contributed by atoms with Gasteiger partial charge in [-0.05, 0) is 50.3 Å². The average molecular weight is 386 g/mol. The molecule has 1 heterocycles. The molecule has 2 amide bonds. The maximum absolute atomic E-state index is 12.7. The number of fused-ring (bicyclic) bond motifs is 1. The van der Waals surface area contributed by atoms with E-state index in [4.69, 9.17) is 4.74 Å². The Bertz CT molecular complexity index is 761. The Kier molecular flexibility index (Phi) is 6.37. The number of benzene rings is 1. The molecule has 0 bridgehead atoms. The number of nitrogens with zero attached hydrogens (tertiary/aromatic N) is 1. The fourth-order valence-electron chi connectivity index (χ4n) is 4.04. The molecule has 0 spiro atoms. The molecule has 1 aromatic rings. The van der Waals surface area contributed by atoms with Crippen molar-refractivity contribution < 1.29 is 19.1 Å². The first-order valence-corrected chi connectivity index (χ1v) is 10.3. The van der Waals surface area contributed by atoms with Crippen LogP contribution in [0.3, 0.4) is 0 Å². The van der Waals surface area contributed by atoms with Gasteiger partial charge in [-0.15, -0.1) is 0 Å². The van der Waals surface area contributed by atoms with Crippen LogP contribution in [0, 0.1) is 5.92 Å². The number of hydrogen-bond acceptors (Lipinski definition) is 4. The summed E-state index contributed by atoms with van der Waals surface area (Å²) >= 11 is 0. The van der Waals surface area contributed by atoms with Crippen molar-refractivity contribution in [3.8, 4) is 5.75 Å². The van der Waals surface area contributed by atoms with Crippen molar-refractivity contribution in [2.75, 3.05) is 11.4 Å². The predicted molar refractivity (Wildman–Crippen MR) is 108 cm³/mol. The first kappa shape index (κ1) is 20.4. The topological polar surface area (TPSA) is 75.7 Å². The molecule has 2 aliphatic rings. The summed E-state index contributed by atoms with van der Waals surface area (Å²) in [7, 11) is 0. The number of anilines is 1. The summed E-state index contributed by atoms with van der Waals surface area (Å²) in [5.41, 5.74) is 1.04. The van der Waals surface area contributed by atoms with Crippen LogP contribution in [0.15, 0.2) is 18.2 Å². The Labute approximate surface area is 166 Å². The van der Waals surface area contributed by atoms with E-state index < -0.39 is 6.10 Å². The minimum Gasteiger partial charge on any atom is -0.479 e. The third-order valence-electron chi connectivity index (χ3n) is 5.73. The van der Waals surface area contributed by atoms with Crippen LogP contribution >= 0.6 is 0 Å². The highest BCUT2D eigenvalue weighted by molar-refractivity contribution is 6.05. The van der Waals surface area contributed by atoms with Crippen LogP contribution in [0.2, 0.25) is 0 Å². The van der Waals surface area contributed by atoms with Gasteiger partial charge in [-0.2, -0.15) is 0 Å². The van der Waals surface area contributed by atoms with Gasteiger partial charge in [-0.1, -0.05) is 26.7 Å².